The molecule has 0 spiro atoms. The molecule has 0 N–H and O–H groups in total. The molecule has 1 amide bonds. The molecular formula is C17H20F3NO3. The highest BCUT2D eigenvalue weighted by atomic mass is 19.1. The van der Waals surface area contributed by atoms with Crippen LogP contribution in [0.2, 0.25) is 0 Å². The summed E-state index contributed by atoms with van der Waals surface area (Å²) in [5.41, 5.74) is -0.762. The third-order valence-corrected chi connectivity index (χ3v) is 3.85. The van der Waals surface area contributed by atoms with Crippen molar-refractivity contribution in [3.05, 3.63) is 35.1 Å². The SMILES string of the molecule is CC(C)OC(=O)C[C@H]1CCCN(C(=O)c2c(F)cc(F)cc2F)C1. The second-order valence-electron chi connectivity index (χ2n) is 6.25. The molecular weight excluding hydrogens is 323 g/mol. The number of hydrogen-bond acceptors (Lipinski definition) is 3. The molecule has 1 aliphatic heterocycles. The number of ether oxygens (including phenoxy) is 1. The van der Waals surface area contributed by atoms with Crippen molar-refractivity contribution in [2.45, 2.75) is 39.2 Å². The Hall–Kier alpha value is -2.05. The summed E-state index contributed by atoms with van der Waals surface area (Å²) in [6, 6.07) is 0.968. The highest BCUT2D eigenvalue weighted by Gasteiger charge is 2.30. The van der Waals surface area contributed by atoms with Gasteiger partial charge in [0.2, 0.25) is 0 Å². The van der Waals surface area contributed by atoms with Crippen molar-refractivity contribution in [1.82, 2.24) is 4.90 Å². The maximum atomic E-state index is 13.8. The van der Waals surface area contributed by atoms with Gasteiger partial charge in [0.1, 0.15) is 23.0 Å². The zero-order valence-electron chi connectivity index (χ0n) is 13.7. The van der Waals surface area contributed by atoms with Crippen LogP contribution in [0.5, 0.6) is 0 Å². The van der Waals surface area contributed by atoms with Gasteiger partial charge in [-0.1, -0.05) is 0 Å². The second-order valence-corrected chi connectivity index (χ2v) is 6.25. The van der Waals surface area contributed by atoms with Gasteiger partial charge in [0, 0.05) is 25.2 Å². The fourth-order valence-corrected chi connectivity index (χ4v) is 2.87. The summed E-state index contributed by atoms with van der Waals surface area (Å²) in [6.07, 6.45) is 1.28. The minimum atomic E-state index is -1.22. The summed E-state index contributed by atoms with van der Waals surface area (Å²) in [5.74, 6) is -4.83. The van der Waals surface area contributed by atoms with Crippen LogP contribution in [-0.4, -0.2) is 36.0 Å². The van der Waals surface area contributed by atoms with Crippen LogP contribution in [-0.2, 0) is 9.53 Å². The molecule has 1 saturated heterocycles. The third-order valence-electron chi connectivity index (χ3n) is 3.85. The maximum absolute atomic E-state index is 13.8. The molecule has 1 aromatic rings. The molecule has 24 heavy (non-hydrogen) atoms. The van der Waals surface area contributed by atoms with Crippen LogP contribution in [0.4, 0.5) is 13.2 Å². The molecule has 132 valence electrons. The minimum Gasteiger partial charge on any atom is -0.463 e. The van der Waals surface area contributed by atoms with Gasteiger partial charge < -0.3 is 9.64 Å². The molecule has 1 aromatic carbocycles. The van der Waals surface area contributed by atoms with Crippen molar-refractivity contribution in [1.29, 1.82) is 0 Å². The van der Waals surface area contributed by atoms with E-state index >= 15 is 0 Å². The van der Waals surface area contributed by atoms with Gasteiger partial charge in [-0.2, -0.15) is 0 Å². The average molecular weight is 343 g/mol. The summed E-state index contributed by atoms with van der Waals surface area (Å²) in [4.78, 5) is 25.4. The minimum absolute atomic E-state index is 0.125. The molecule has 1 fully saturated rings. The van der Waals surface area contributed by atoms with Gasteiger partial charge in [0.25, 0.3) is 5.91 Å². The summed E-state index contributed by atoms with van der Waals surface area (Å²) in [6.45, 7) is 4.04. The van der Waals surface area contributed by atoms with Crippen molar-refractivity contribution in [2.24, 2.45) is 5.92 Å². The molecule has 1 heterocycles. The van der Waals surface area contributed by atoms with Crippen molar-refractivity contribution in [3.63, 3.8) is 0 Å². The van der Waals surface area contributed by atoms with Crippen LogP contribution >= 0.6 is 0 Å². The number of amides is 1. The van der Waals surface area contributed by atoms with E-state index < -0.39 is 28.9 Å². The van der Waals surface area contributed by atoms with Crippen LogP contribution in [0, 0.1) is 23.4 Å². The Balaban J connectivity index is 2.07. The number of halogens is 3. The van der Waals surface area contributed by atoms with E-state index in [1.165, 1.54) is 4.90 Å². The second kappa shape index (κ2) is 7.68. The monoisotopic (exact) mass is 343 g/mol. The standard InChI is InChI=1S/C17H20F3NO3/c1-10(2)24-15(22)6-11-4-3-5-21(9-11)17(23)16-13(19)7-12(18)8-14(16)20/h7-8,10-11H,3-6,9H2,1-2H3/t11-/m1/s1. The zero-order chi connectivity index (χ0) is 17.9. The molecule has 4 nitrogen and oxygen atoms in total. The predicted octanol–water partition coefficient (Wildman–Crippen LogP) is 3.30. The first-order valence-corrected chi connectivity index (χ1v) is 7.91. The molecule has 0 aromatic heterocycles. The first-order valence-electron chi connectivity index (χ1n) is 7.91. The fourth-order valence-electron chi connectivity index (χ4n) is 2.87. The van der Waals surface area contributed by atoms with Gasteiger partial charge in [-0.3, -0.25) is 9.59 Å². The van der Waals surface area contributed by atoms with Gasteiger partial charge in [0.05, 0.1) is 12.5 Å². The molecule has 0 radical (unpaired) electrons. The van der Waals surface area contributed by atoms with Gasteiger partial charge in [-0.15, -0.1) is 0 Å². The number of esters is 1. The van der Waals surface area contributed by atoms with E-state index in [2.05, 4.69) is 0 Å². The van der Waals surface area contributed by atoms with Gasteiger partial charge in [-0.25, -0.2) is 13.2 Å². The first-order chi connectivity index (χ1) is 11.3. The number of nitrogens with zero attached hydrogens (tertiary/aromatic N) is 1. The summed E-state index contributed by atoms with van der Waals surface area (Å²) >= 11 is 0. The van der Waals surface area contributed by atoms with Crippen LogP contribution in [0.3, 0.4) is 0 Å². The van der Waals surface area contributed by atoms with E-state index in [-0.39, 0.29) is 31.0 Å². The molecule has 2 rings (SSSR count). The highest BCUT2D eigenvalue weighted by molar-refractivity contribution is 5.94. The number of benzene rings is 1. The summed E-state index contributed by atoms with van der Waals surface area (Å²) in [5, 5.41) is 0. The van der Waals surface area contributed by atoms with E-state index in [0.29, 0.717) is 25.1 Å². The smallest absolute Gasteiger partial charge is 0.306 e. The van der Waals surface area contributed by atoms with Crippen molar-refractivity contribution >= 4 is 11.9 Å². The lowest BCUT2D eigenvalue weighted by Gasteiger charge is -2.32. The van der Waals surface area contributed by atoms with Crippen LogP contribution < -0.4 is 0 Å². The first kappa shape index (κ1) is 18.3. The Morgan fingerprint density at radius 1 is 1.25 bits per heavy atom. The van der Waals surface area contributed by atoms with Crippen LogP contribution in [0.25, 0.3) is 0 Å². The van der Waals surface area contributed by atoms with Crippen molar-refractivity contribution in [3.8, 4) is 0 Å². The normalized spacial score (nSPS) is 17.9. The molecule has 1 aliphatic rings. The van der Waals surface area contributed by atoms with Crippen molar-refractivity contribution in [2.75, 3.05) is 13.1 Å². The van der Waals surface area contributed by atoms with Crippen molar-refractivity contribution < 1.29 is 27.5 Å². The zero-order valence-corrected chi connectivity index (χ0v) is 13.7. The quantitative estimate of drug-likeness (QED) is 0.788. The Morgan fingerprint density at radius 3 is 2.46 bits per heavy atom. The molecule has 0 aliphatic carbocycles. The predicted molar refractivity (Wildman–Crippen MR) is 80.8 cm³/mol. The largest absolute Gasteiger partial charge is 0.463 e. The molecule has 1 atom stereocenters. The summed E-state index contributed by atoms with van der Waals surface area (Å²) < 4.78 is 45.6. The Bertz CT molecular complexity index is 611. The molecule has 0 unspecified atom stereocenters. The lowest BCUT2D eigenvalue weighted by atomic mass is 9.94. The molecule has 0 saturated carbocycles. The maximum Gasteiger partial charge on any atom is 0.306 e. The lowest BCUT2D eigenvalue weighted by molar-refractivity contribution is -0.148. The van der Waals surface area contributed by atoms with E-state index in [1.807, 2.05) is 0 Å². The number of likely N-dealkylation sites (tertiary alicyclic amines) is 1. The molecule has 0 bridgehead atoms. The van der Waals surface area contributed by atoms with Gasteiger partial charge in [-0.05, 0) is 32.6 Å². The third kappa shape index (κ3) is 4.49. The van der Waals surface area contributed by atoms with E-state index in [4.69, 9.17) is 4.74 Å². The highest BCUT2D eigenvalue weighted by Crippen LogP contribution is 2.24. The van der Waals surface area contributed by atoms with E-state index in [0.717, 1.165) is 6.42 Å². The number of piperidine rings is 1. The van der Waals surface area contributed by atoms with E-state index in [9.17, 15) is 22.8 Å². The Morgan fingerprint density at radius 2 is 1.88 bits per heavy atom. The molecule has 7 heteroatoms. The van der Waals surface area contributed by atoms with Gasteiger partial charge in [0.15, 0.2) is 0 Å². The number of hydrogen-bond donors (Lipinski definition) is 0. The Kier molecular flexibility index (Phi) is 5.85. The van der Waals surface area contributed by atoms with E-state index in [1.54, 1.807) is 13.8 Å². The fraction of sp³-hybridized carbons (Fsp3) is 0.529. The number of rotatable bonds is 4. The average Bonchev–Trinajstić information content (AvgIpc) is 2.45. The van der Waals surface area contributed by atoms with Gasteiger partial charge >= 0.3 is 5.97 Å². The number of carbonyl (C=O) groups is 2. The summed E-state index contributed by atoms with van der Waals surface area (Å²) in [7, 11) is 0. The van der Waals surface area contributed by atoms with Crippen LogP contribution in [0.1, 0.15) is 43.5 Å². The topological polar surface area (TPSA) is 46.6 Å². The Labute approximate surface area is 138 Å². The van der Waals surface area contributed by atoms with Crippen LogP contribution in [0.15, 0.2) is 12.1 Å². The lowest BCUT2D eigenvalue weighted by Crippen LogP contribution is -2.41. The number of carbonyl (C=O) groups excluding carboxylic acids is 2.